The normalized spacial score (nSPS) is 15.2. The van der Waals surface area contributed by atoms with Crippen molar-refractivity contribution in [2.24, 2.45) is 5.92 Å². The molecule has 1 aromatic carbocycles. The summed E-state index contributed by atoms with van der Waals surface area (Å²) in [4.78, 5) is 30.9. The third-order valence-corrected chi connectivity index (χ3v) is 4.74. The van der Waals surface area contributed by atoms with Crippen LogP contribution in [0, 0.1) is 5.92 Å². The first-order chi connectivity index (χ1) is 12.7. The summed E-state index contributed by atoms with van der Waals surface area (Å²) >= 11 is 0. The van der Waals surface area contributed by atoms with Crippen molar-refractivity contribution < 1.29 is 14.0 Å². The molecule has 1 N–H and O–H groups in total. The molecule has 1 aliphatic rings. The lowest BCUT2D eigenvalue weighted by atomic mass is 9.95. The first kappa shape index (κ1) is 16.3. The number of piperidine rings is 1. The zero-order valence-corrected chi connectivity index (χ0v) is 14.2. The summed E-state index contributed by atoms with van der Waals surface area (Å²) in [6.07, 6.45) is 4.44. The first-order valence-electron chi connectivity index (χ1n) is 8.69. The average molecular weight is 349 g/mol. The number of nitrogens with one attached hydrogen (secondary N) is 1. The number of hydrogen-bond donors (Lipinski definition) is 1. The monoisotopic (exact) mass is 349 g/mol. The van der Waals surface area contributed by atoms with E-state index in [1.54, 1.807) is 23.2 Å². The lowest BCUT2D eigenvalue weighted by molar-refractivity contribution is -0.121. The Labute approximate surface area is 150 Å². The molecule has 1 fully saturated rings. The lowest BCUT2D eigenvalue weighted by Gasteiger charge is -2.30. The number of amides is 2. The van der Waals surface area contributed by atoms with Crippen molar-refractivity contribution in [1.82, 2.24) is 9.88 Å². The molecule has 4 rings (SSSR count). The van der Waals surface area contributed by atoms with E-state index < -0.39 is 0 Å². The van der Waals surface area contributed by atoms with Crippen LogP contribution in [0.5, 0.6) is 0 Å². The summed E-state index contributed by atoms with van der Waals surface area (Å²) in [5, 5.41) is 3.94. The van der Waals surface area contributed by atoms with Crippen LogP contribution < -0.4 is 5.32 Å². The second-order valence-electron chi connectivity index (χ2n) is 6.45. The maximum Gasteiger partial charge on any atom is 0.289 e. The van der Waals surface area contributed by atoms with Crippen molar-refractivity contribution in [3.05, 3.63) is 60.7 Å². The summed E-state index contributed by atoms with van der Waals surface area (Å²) in [7, 11) is 0. The van der Waals surface area contributed by atoms with Gasteiger partial charge in [0.15, 0.2) is 5.76 Å². The fourth-order valence-electron chi connectivity index (χ4n) is 3.28. The molecule has 6 heteroatoms. The van der Waals surface area contributed by atoms with Gasteiger partial charge >= 0.3 is 0 Å². The predicted octanol–water partition coefficient (Wildman–Crippen LogP) is 3.32. The number of furan rings is 1. The van der Waals surface area contributed by atoms with Gasteiger partial charge in [-0.15, -0.1) is 0 Å². The van der Waals surface area contributed by atoms with Gasteiger partial charge in [0.1, 0.15) is 0 Å². The second kappa shape index (κ2) is 7.00. The summed E-state index contributed by atoms with van der Waals surface area (Å²) in [6, 6.07) is 13.1. The standard InChI is InChI=1S/C20H19N3O3/c24-19(22-16-12-15-4-1-2-5-17(15)21-13-16)14-7-9-23(10-8-14)20(25)18-6-3-11-26-18/h1-6,11-14H,7-10H2,(H,22,24). The second-order valence-corrected chi connectivity index (χ2v) is 6.45. The molecule has 0 spiro atoms. The van der Waals surface area contributed by atoms with Crippen molar-refractivity contribution in [1.29, 1.82) is 0 Å². The molecule has 3 heterocycles. The summed E-state index contributed by atoms with van der Waals surface area (Å²) < 4.78 is 5.16. The molecular weight excluding hydrogens is 330 g/mol. The van der Waals surface area contributed by atoms with Gasteiger partial charge in [0.2, 0.25) is 5.91 Å². The fourth-order valence-corrected chi connectivity index (χ4v) is 3.28. The van der Waals surface area contributed by atoms with E-state index >= 15 is 0 Å². The van der Waals surface area contributed by atoms with Crippen LogP contribution in [-0.2, 0) is 4.79 Å². The van der Waals surface area contributed by atoms with Gasteiger partial charge in [-0.05, 0) is 37.1 Å². The highest BCUT2D eigenvalue weighted by atomic mass is 16.3. The number of anilines is 1. The minimum atomic E-state index is -0.118. The first-order valence-corrected chi connectivity index (χ1v) is 8.69. The Kier molecular flexibility index (Phi) is 4.39. The maximum atomic E-state index is 12.5. The van der Waals surface area contributed by atoms with Gasteiger partial charge in [-0.1, -0.05) is 18.2 Å². The van der Waals surface area contributed by atoms with Crippen LogP contribution in [0.2, 0.25) is 0 Å². The number of rotatable bonds is 3. The quantitative estimate of drug-likeness (QED) is 0.787. The Morgan fingerprint density at radius 3 is 2.69 bits per heavy atom. The van der Waals surface area contributed by atoms with Crippen LogP contribution in [0.25, 0.3) is 10.9 Å². The highest BCUT2D eigenvalue weighted by molar-refractivity contribution is 5.95. The van der Waals surface area contributed by atoms with Crippen LogP contribution >= 0.6 is 0 Å². The molecule has 0 aliphatic carbocycles. The van der Waals surface area contributed by atoms with E-state index in [1.807, 2.05) is 30.3 Å². The number of carbonyl (C=O) groups is 2. The van der Waals surface area contributed by atoms with Gasteiger partial charge in [0, 0.05) is 24.4 Å². The van der Waals surface area contributed by atoms with Crippen molar-refractivity contribution >= 4 is 28.4 Å². The molecule has 0 radical (unpaired) electrons. The van der Waals surface area contributed by atoms with Crippen LogP contribution in [-0.4, -0.2) is 34.8 Å². The number of hydrogen-bond acceptors (Lipinski definition) is 4. The third-order valence-electron chi connectivity index (χ3n) is 4.74. The minimum Gasteiger partial charge on any atom is -0.459 e. The van der Waals surface area contributed by atoms with E-state index in [0.717, 1.165) is 10.9 Å². The number of likely N-dealkylation sites (tertiary alicyclic amines) is 1. The Morgan fingerprint density at radius 1 is 1.12 bits per heavy atom. The summed E-state index contributed by atoms with van der Waals surface area (Å²) in [6.45, 7) is 1.10. The van der Waals surface area contributed by atoms with Gasteiger partial charge in [-0.2, -0.15) is 0 Å². The van der Waals surface area contributed by atoms with Gasteiger partial charge in [0.25, 0.3) is 5.91 Å². The highest BCUT2D eigenvalue weighted by Crippen LogP contribution is 2.22. The van der Waals surface area contributed by atoms with E-state index in [9.17, 15) is 9.59 Å². The van der Waals surface area contributed by atoms with E-state index in [1.165, 1.54) is 6.26 Å². The zero-order valence-electron chi connectivity index (χ0n) is 14.2. The smallest absolute Gasteiger partial charge is 0.289 e. The van der Waals surface area contributed by atoms with Gasteiger partial charge < -0.3 is 14.6 Å². The number of nitrogens with zero attached hydrogens (tertiary/aromatic N) is 2. The predicted molar refractivity (Wildman–Crippen MR) is 97.7 cm³/mol. The van der Waals surface area contributed by atoms with Crippen LogP contribution in [0.3, 0.4) is 0 Å². The molecule has 0 atom stereocenters. The minimum absolute atomic E-state index is 0.0211. The van der Waals surface area contributed by atoms with Gasteiger partial charge in [-0.3, -0.25) is 14.6 Å². The topological polar surface area (TPSA) is 75.4 Å². The largest absolute Gasteiger partial charge is 0.459 e. The molecule has 0 bridgehead atoms. The SMILES string of the molecule is O=C(Nc1cnc2ccccc2c1)C1CCN(C(=O)c2ccco2)CC1. The van der Waals surface area contributed by atoms with Gasteiger partial charge in [-0.25, -0.2) is 0 Å². The molecule has 6 nitrogen and oxygen atoms in total. The number of benzene rings is 1. The van der Waals surface area contributed by atoms with E-state index in [0.29, 0.717) is 37.4 Å². The lowest BCUT2D eigenvalue weighted by Crippen LogP contribution is -2.41. The highest BCUT2D eigenvalue weighted by Gasteiger charge is 2.28. The van der Waals surface area contributed by atoms with E-state index in [4.69, 9.17) is 4.42 Å². The Hall–Kier alpha value is -3.15. The molecule has 0 saturated carbocycles. The van der Waals surface area contributed by atoms with Gasteiger partial charge in [0.05, 0.1) is 23.7 Å². The van der Waals surface area contributed by atoms with Crippen LogP contribution in [0.4, 0.5) is 5.69 Å². The van der Waals surface area contributed by atoms with Crippen LogP contribution in [0.15, 0.2) is 59.3 Å². The molecule has 26 heavy (non-hydrogen) atoms. The molecular formula is C20H19N3O3. The molecule has 2 amide bonds. The molecule has 0 unspecified atom stereocenters. The van der Waals surface area contributed by atoms with Crippen molar-refractivity contribution in [3.63, 3.8) is 0 Å². The summed E-state index contributed by atoms with van der Waals surface area (Å²) in [5.74, 6) is 0.0945. The number of fused-ring (bicyclic) bond motifs is 1. The number of carbonyl (C=O) groups excluding carboxylic acids is 2. The number of pyridine rings is 1. The Balaban J connectivity index is 1.36. The third kappa shape index (κ3) is 3.31. The van der Waals surface area contributed by atoms with E-state index in [-0.39, 0.29) is 17.7 Å². The van der Waals surface area contributed by atoms with Crippen molar-refractivity contribution in [3.8, 4) is 0 Å². The average Bonchev–Trinajstić information content (AvgIpc) is 3.22. The molecule has 1 saturated heterocycles. The molecule has 2 aromatic heterocycles. The Morgan fingerprint density at radius 2 is 1.92 bits per heavy atom. The summed E-state index contributed by atoms with van der Waals surface area (Å²) in [5.41, 5.74) is 1.60. The fraction of sp³-hybridized carbons (Fsp3) is 0.250. The zero-order chi connectivity index (χ0) is 17.9. The molecule has 3 aromatic rings. The Bertz CT molecular complexity index is 928. The van der Waals surface area contributed by atoms with Crippen LogP contribution in [0.1, 0.15) is 23.4 Å². The van der Waals surface area contributed by atoms with Crippen molar-refractivity contribution in [2.45, 2.75) is 12.8 Å². The molecule has 1 aliphatic heterocycles. The number of aromatic nitrogens is 1. The van der Waals surface area contributed by atoms with Crippen molar-refractivity contribution in [2.75, 3.05) is 18.4 Å². The maximum absolute atomic E-state index is 12.5. The van der Waals surface area contributed by atoms with E-state index in [2.05, 4.69) is 10.3 Å². The molecule has 132 valence electrons. The number of para-hydroxylation sites is 1.